The number of rotatable bonds is 5. The minimum absolute atomic E-state index is 0.00546. The van der Waals surface area contributed by atoms with E-state index in [1.54, 1.807) is 11.3 Å². The highest BCUT2D eigenvalue weighted by atomic mass is 32.1. The summed E-state index contributed by atoms with van der Waals surface area (Å²) >= 11 is 3.13. The van der Waals surface area contributed by atoms with Crippen molar-refractivity contribution in [2.75, 3.05) is 18.4 Å². The second kappa shape index (κ2) is 7.35. The summed E-state index contributed by atoms with van der Waals surface area (Å²) in [6.45, 7) is 5.50. The van der Waals surface area contributed by atoms with E-state index in [0.717, 1.165) is 36.8 Å². The van der Waals surface area contributed by atoms with E-state index in [0.29, 0.717) is 11.6 Å². The van der Waals surface area contributed by atoms with Gasteiger partial charge in [-0.25, -0.2) is 4.98 Å². The van der Waals surface area contributed by atoms with Crippen LogP contribution in [0, 0.1) is 5.92 Å². The van der Waals surface area contributed by atoms with Crippen molar-refractivity contribution in [1.82, 2.24) is 9.88 Å². The molecule has 2 aromatic rings. The fourth-order valence-electron chi connectivity index (χ4n) is 2.84. The summed E-state index contributed by atoms with van der Waals surface area (Å²) in [5.74, 6) is 0.781. The van der Waals surface area contributed by atoms with E-state index >= 15 is 0 Å². The summed E-state index contributed by atoms with van der Waals surface area (Å²) < 4.78 is 0. The van der Waals surface area contributed by atoms with E-state index in [1.165, 1.54) is 24.2 Å². The fourth-order valence-corrected chi connectivity index (χ4v) is 4.22. The zero-order valence-corrected chi connectivity index (χ0v) is 14.4. The number of carbonyl (C=O) groups is 1. The molecule has 0 saturated carbocycles. The van der Waals surface area contributed by atoms with Crippen molar-refractivity contribution >= 4 is 33.7 Å². The van der Waals surface area contributed by atoms with Crippen molar-refractivity contribution in [1.29, 1.82) is 0 Å². The number of aromatic nitrogens is 1. The quantitative estimate of drug-likeness (QED) is 0.908. The fraction of sp³-hybridized carbons (Fsp3) is 0.500. The first-order chi connectivity index (χ1) is 10.7. The van der Waals surface area contributed by atoms with E-state index in [-0.39, 0.29) is 5.91 Å². The minimum atomic E-state index is 0.00546. The first kappa shape index (κ1) is 15.6. The van der Waals surface area contributed by atoms with E-state index < -0.39 is 0 Å². The van der Waals surface area contributed by atoms with Gasteiger partial charge in [-0.2, -0.15) is 11.3 Å². The maximum atomic E-state index is 12.0. The van der Waals surface area contributed by atoms with Gasteiger partial charge in [0, 0.05) is 18.5 Å². The molecule has 4 nitrogen and oxygen atoms in total. The Morgan fingerprint density at radius 2 is 2.41 bits per heavy atom. The first-order valence-electron chi connectivity index (χ1n) is 7.67. The van der Waals surface area contributed by atoms with Crippen LogP contribution in [0.15, 0.2) is 22.2 Å². The number of anilines is 1. The van der Waals surface area contributed by atoms with Crippen molar-refractivity contribution < 1.29 is 4.79 Å². The molecule has 1 N–H and O–H groups in total. The standard InChI is InChI=1S/C16H21N3OS2/c1-12-3-2-5-19(8-12)9-14-11-22-16(17-14)18-15(20)7-13-4-6-21-10-13/h4,6,10-12H,2-3,5,7-9H2,1H3,(H,17,18,20). The zero-order chi connectivity index (χ0) is 15.4. The Balaban J connectivity index is 1.51. The molecule has 0 spiro atoms. The number of thiophene rings is 1. The third-order valence-electron chi connectivity index (χ3n) is 3.87. The van der Waals surface area contributed by atoms with Crippen LogP contribution in [0.2, 0.25) is 0 Å². The molecular weight excluding hydrogens is 314 g/mol. The van der Waals surface area contributed by atoms with Gasteiger partial charge in [0.1, 0.15) is 0 Å². The van der Waals surface area contributed by atoms with Crippen LogP contribution in [0.25, 0.3) is 0 Å². The molecule has 1 amide bonds. The summed E-state index contributed by atoms with van der Waals surface area (Å²) in [5.41, 5.74) is 2.12. The van der Waals surface area contributed by atoms with Gasteiger partial charge in [0.15, 0.2) is 5.13 Å². The number of amides is 1. The molecule has 1 aliphatic rings. The number of nitrogens with one attached hydrogen (secondary N) is 1. The Morgan fingerprint density at radius 1 is 1.50 bits per heavy atom. The molecule has 118 valence electrons. The van der Waals surface area contributed by atoms with E-state index in [2.05, 4.69) is 27.5 Å². The monoisotopic (exact) mass is 335 g/mol. The molecule has 2 aromatic heterocycles. The lowest BCUT2D eigenvalue weighted by Gasteiger charge is -2.30. The molecule has 22 heavy (non-hydrogen) atoms. The summed E-state index contributed by atoms with van der Waals surface area (Å²) in [5, 5.41) is 9.66. The minimum Gasteiger partial charge on any atom is -0.302 e. The highest BCUT2D eigenvalue weighted by Gasteiger charge is 2.17. The maximum absolute atomic E-state index is 12.0. The van der Waals surface area contributed by atoms with Gasteiger partial charge in [-0.15, -0.1) is 11.3 Å². The zero-order valence-electron chi connectivity index (χ0n) is 12.7. The lowest BCUT2D eigenvalue weighted by Crippen LogP contribution is -2.33. The molecule has 1 saturated heterocycles. The van der Waals surface area contributed by atoms with Crippen LogP contribution in [-0.4, -0.2) is 28.9 Å². The van der Waals surface area contributed by atoms with Crippen LogP contribution < -0.4 is 5.32 Å². The second-order valence-electron chi connectivity index (χ2n) is 5.98. The summed E-state index contributed by atoms with van der Waals surface area (Å²) in [4.78, 5) is 19.0. The first-order valence-corrected chi connectivity index (χ1v) is 9.49. The Hall–Kier alpha value is -1.24. The summed E-state index contributed by atoms with van der Waals surface area (Å²) in [7, 11) is 0. The molecule has 3 heterocycles. The molecule has 3 rings (SSSR count). The smallest absolute Gasteiger partial charge is 0.230 e. The van der Waals surface area contributed by atoms with Gasteiger partial charge >= 0.3 is 0 Å². The normalized spacial score (nSPS) is 19.2. The molecule has 1 unspecified atom stereocenters. The third-order valence-corrected chi connectivity index (χ3v) is 5.41. The topological polar surface area (TPSA) is 45.2 Å². The molecule has 0 aliphatic carbocycles. The van der Waals surface area contributed by atoms with E-state index in [4.69, 9.17) is 0 Å². The molecule has 1 aliphatic heterocycles. The average molecular weight is 335 g/mol. The van der Waals surface area contributed by atoms with Crippen molar-refractivity contribution in [3.63, 3.8) is 0 Å². The molecule has 1 fully saturated rings. The number of carbonyl (C=O) groups excluding carboxylic acids is 1. The van der Waals surface area contributed by atoms with Gasteiger partial charge in [0.05, 0.1) is 12.1 Å². The molecular formula is C16H21N3OS2. The van der Waals surface area contributed by atoms with Crippen molar-refractivity contribution in [2.24, 2.45) is 5.92 Å². The molecule has 6 heteroatoms. The van der Waals surface area contributed by atoms with Crippen LogP contribution in [0.1, 0.15) is 31.0 Å². The van der Waals surface area contributed by atoms with Crippen molar-refractivity contribution in [2.45, 2.75) is 32.7 Å². The maximum Gasteiger partial charge on any atom is 0.230 e. The number of hydrogen-bond donors (Lipinski definition) is 1. The Kier molecular flexibility index (Phi) is 5.23. The Bertz CT molecular complexity index is 609. The van der Waals surface area contributed by atoms with Crippen LogP contribution in [0.5, 0.6) is 0 Å². The van der Waals surface area contributed by atoms with Gasteiger partial charge in [0.25, 0.3) is 0 Å². The second-order valence-corrected chi connectivity index (χ2v) is 7.62. The number of thiazole rings is 1. The largest absolute Gasteiger partial charge is 0.302 e. The van der Waals surface area contributed by atoms with Gasteiger partial charge in [-0.05, 0) is 47.7 Å². The van der Waals surface area contributed by atoms with Crippen LogP contribution in [0.4, 0.5) is 5.13 Å². The Morgan fingerprint density at radius 3 is 3.18 bits per heavy atom. The summed E-state index contributed by atoms with van der Waals surface area (Å²) in [6, 6.07) is 1.98. The predicted octanol–water partition coefficient (Wildman–Crippen LogP) is 3.62. The van der Waals surface area contributed by atoms with Crippen molar-refractivity contribution in [3.8, 4) is 0 Å². The predicted molar refractivity (Wildman–Crippen MR) is 92.4 cm³/mol. The third kappa shape index (κ3) is 4.38. The molecule has 0 aromatic carbocycles. The molecule has 0 radical (unpaired) electrons. The van der Waals surface area contributed by atoms with E-state index in [9.17, 15) is 4.79 Å². The van der Waals surface area contributed by atoms with Crippen LogP contribution in [-0.2, 0) is 17.8 Å². The molecule has 1 atom stereocenters. The van der Waals surface area contributed by atoms with Gasteiger partial charge in [-0.1, -0.05) is 6.92 Å². The molecule has 0 bridgehead atoms. The lowest BCUT2D eigenvalue weighted by molar-refractivity contribution is -0.115. The lowest BCUT2D eigenvalue weighted by atomic mass is 10.0. The number of likely N-dealkylation sites (tertiary alicyclic amines) is 1. The average Bonchev–Trinajstić information content (AvgIpc) is 3.11. The van der Waals surface area contributed by atoms with Crippen LogP contribution in [0.3, 0.4) is 0 Å². The van der Waals surface area contributed by atoms with E-state index in [1.807, 2.05) is 16.8 Å². The highest BCUT2D eigenvalue weighted by molar-refractivity contribution is 7.13. The number of piperidine rings is 1. The van der Waals surface area contributed by atoms with Gasteiger partial charge in [-0.3, -0.25) is 9.69 Å². The number of hydrogen-bond acceptors (Lipinski definition) is 5. The number of nitrogens with zero attached hydrogens (tertiary/aromatic N) is 2. The van der Waals surface area contributed by atoms with Crippen molar-refractivity contribution in [3.05, 3.63) is 33.5 Å². The van der Waals surface area contributed by atoms with Gasteiger partial charge < -0.3 is 5.32 Å². The highest BCUT2D eigenvalue weighted by Crippen LogP contribution is 2.21. The SMILES string of the molecule is CC1CCCN(Cc2csc(NC(=O)Cc3ccsc3)n2)C1. The summed E-state index contributed by atoms with van der Waals surface area (Å²) in [6.07, 6.45) is 3.02. The Labute approximate surface area is 139 Å². The van der Waals surface area contributed by atoms with Gasteiger partial charge in [0.2, 0.25) is 5.91 Å². The van der Waals surface area contributed by atoms with Crippen LogP contribution >= 0.6 is 22.7 Å².